The molecule has 0 amide bonds. The molecule has 0 aromatic heterocycles. The van der Waals surface area contributed by atoms with Crippen LogP contribution in [0.1, 0.15) is 10.4 Å². The van der Waals surface area contributed by atoms with Gasteiger partial charge in [0.05, 0.1) is 5.40 Å². The number of hydrogen-bond donors (Lipinski definition) is 0. The van der Waals surface area contributed by atoms with Crippen LogP contribution in [0, 0.1) is 0 Å². The molecule has 0 heterocycles. The van der Waals surface area contributed by atoms with E-state index in [0.29, 0.717) is 0 Å². The lowest BCUT2D eigenvalue weighted by atomic mass is 10.1. The Morgan fingerprint density at radius 1 is 0.400 bits per heavy atom. The van der Waals surface area contributed by atoms with E-state index in [4.69, 9.17) is 0 Å². The molecule has 0 atom stereocenters. The SMILES string of the molecule is O=C(c1ccccc1)C(P(c1ccccc1)c1ccccc1)P(c1ccccc1)c1ccccc1. The van der Waals surface area contributed by atoms with Gasteiger partial charge in [0.25, 0.3) is 0 Å². The summed E-state index contributed by atoms with van der Waals surface area (Å²) in [5.41, 5.74) is 0.774. The minimum absolute atomic E-state index is 0.211. The summed E-state index contributed by atoms with van der Waals surface area (Å²) in [6, 6.07) is 52.2. The lowest BCUT2D eigenvalue weighted by Crippen LogP contribution is -2.33. The maximum atomic E-state index is 14.6. The molecule has 0 spiro atoms. The van der Waals surface area contributed by atoms with Crippen LogP contribution in [0.25, 0.3) is 0 Å². The molecular weight excluding hydrogens is 462 g/mol. The van der Waals surface area contributed by atoms with Gasteiger partial charge in [-0.25, -0.2) is 0 Å². The molecule has 0 aliphatic heterocycles. The molecule has 0 N–H and O–H groups in total. The number of benzene rings is 5. The Balaban J connectivity index is 1.78. The number of Topliss-reactive ketones (excluding diaryl/α,β-unsaturated/α-hetero) is 1. The van der Waals surface area contributed by atoms with Crippen LogP contribution in [-0.4, -0.2) is 11.2 Å². The zero-order valence-electron chi connectivity index (χ0n) is 19.3. The van der Waals surface area contributed by atoms with Crippen LogP contribution in [-0.2, 0) is 0 Å². The number of rotatable bonds is 8. The predicted octanol–water partition coefficient (Wildman–Crippen LogP) is 6.46. The average Bonchev–Trinajstić information content (AvgIpc) is 2.95. The topological polar surface area (TPSA) is 17.1 Å². The summed E-state index contributed by atoms with van der Waals surface area (Å²) in [4.78, 5) is 14.6. The Hall–Kier alpha value is -3.37. The maximum Gasteiger partial charge on any atom is 0.175 e. The van der Waals surface area contributed by atoms with Gasteiger partial charge in [0.2, 0.25) is 0 Å². The zero-order valence-corrected chi connectivity index (χ0v) is 21.1. The van der Waals surface area contributed by atoms with E-state index in [0.717, 1.165) is 5.56 Å². The van der Waals surface area contributed by atoms with Crippen molar-refractivity contribution in [2.45, 2.75) is 5.40 Å². The summed E-state index contributed by atoms with van der Waals surface area (Å²) < 4.78 is 0. The fraction of sp³-hybridized carbons (Fsp3) is 0.0312. The summed E-state index contributed by atoms with van der Waals surface area (Å²) in [5.74, 6) is 0.211. The monoisotopic (exact) mass is 488 g/mol. The van der Waals surface area contributed by atoms with Gasteiger partial charge in [-0.1, -0.05) is 152 Å². The molecule has 0 bridgehead atoms. The predicted molar refractivity (Wildman–Crippen MR) is 153 cm³/mol. The first-order valence-corrected chi connectivity index (χ1v) is 14.5. The molecule has 0 aliphatic carbocycles. The van der Waals surface area contributed by atoms with E-state index in [1.165, 1.54) is 21.2 Å². The molecule has 5 aromatic carbocycles. The van der Waals surface area contributed by atoms with Crippen molar-refractivity contribution < 1.29 is 4.79 Å². The summed E-state index contributed by atoms with van der Waals surface area (Å²) >= 11 is 0. The molecule has 5 aromatic rings. The van der Waals surface area contributed by atoms with Gasteiger partial charge >= 0.3 is 0 Å². The van der Waals surface area contributed by atoms with Gasteiger partial charge < -0.3 is 0 Å². The van der Waals surface area contributed by atoms with E-state index < -0.39 is 15.8 Å². The fourth-order valence-corrected chi connectivity index (χ4v) is 11.3. The highest BCUT2D eigenvalue weighted by atomic mass is 31.2. The van der Waals surface area contributed by atoms with Crippen molar-refractivity contribution >= 4 is 42.8 Å². The normalized spacial score (nSPS) is 11.2. The Kier molecular flexibility index (Phi) is 7.59. The second-order valence-corrected chi connectivity index (χ2v) is 13.2. The van der Waals surface area contributed by atoms with E-state index in [2.05, 4.69) is 97.1 Å². The Morgan fingerprint density at radius 2 is 0.657 bits per heavy atom. The quantitative estimate of drug-likeness (QED) is 0.181. The molecule has 1 nitrogen and oxygen atoms in total. The molecule has 5 rings (SSSR count). The summed E-state index contributed by atoms with van der Waals surface area (Å²) in [6.07, 6.45) is 0. The molecule has 3 heteroatoms. The van der Waals surface area contributed by atoms with Gasteiger partial charge in [0.15, 0.2) is 5.78 Å². The molecular formula is C32H26OP2. The number of ketones is 1. The molecule has 0 saturated heterocycles. The zero-order chi connectivity index (χ0) is 23.9. The molecule has 170 valence electrons. The molecule has 0 aliphatic rings. The molecule has 0 saturated carbocycles. The van der Waals surface area contributed by atoms with E-state index >= 15 is 0 Å². The Labute approximate surface area is 210 Å². The molecule has 0 unspecified atom stereocenters. The van der Waals surface area contributed by atoms with Crippen molar-refractivity contribution in [3.8, 4) is 0 Å². The minimum atomic E-state index is -0.985. The Bertz CT molecular complexity index is 1180. The largest absolute Gasteiger partial charge is 0.293 e. The third-order valence-electron chi connectivity index (χ3n) is 5.92. The van der Waals surface area contributed by atoms with Crippen LogP contribution >= 0.6 is 15.8 Å². The van der Waals surface area contributed by atoms with E-state index in [1.807, 2.05) is 54.6 Å². The van der Waals surface area contributed by atoms with E-state index in [1.54, 1.807) is 0 Å². The van der Waals surface area contributed by atoms with Gasteiger partial charge in [-0.3, -0.25) is 4.79 Å². The first-order valence-electron chi connectivity index (χ1n) is 11.7. The highest BCUT2D eigenvalue weighted by Gasteiger charge is 2.39. The number of hydrogen-bond acceptors (Lipinski definition) is 1. The van der Waals surface area contributed by atoms with Crippen LogP contribution in [0.2, 0.25) is 0 Å². The molecule has 35 heavy (non-hydrogen) atoms. The van der Waals surface area contributed by atoms with Crippen molar-refractivity contribution in [1.82, 2.24) is 0 Å². The van der Waals surface area contributed by atoms with Crippen LogP contribution < -0.4 is 21.2 Å². The average molecular weight is 489 g/mol. The lowest BCUT2D eigenvalue weighted by Gasteiger charge is -2.35. The van der Waals surface area contributed by atoms with Crippen molar-refractivity contribution in [3.05, 3.63) is 157 Å². The fourth-order valence-electron chi connectivity index (χ4n) is 4.32. The van der Waals surface area contributed by atoms with Crippen molar-refractivity contribution in [2.75, 3.05) is 0 Å². The van der Waals surface area contributed by atoms with Gasteiger partial charge in [0, 0.05) is 5.56 Å². The summed E-state index contributed by atoms with van der Waals surface area (Å²) in [6.45, 7) is 0. The minimum Gasteiger partial charge on any atom is -0.293 e. The van der Waals surface area contributed by atoms with Crippen LogP contribution in [0.15, 0.2) is 152 Å². The third kappa shape index (κ3) is 5.33. The second kappa shape index (κ2) is 11.4. The highest BCUT2D eigenvalue weighted by molar-refractivity contribution is 7.91. The van der Waals surface area contributed by atoms with Crippen molar-refractivity contribution in [2.24, 2.45) is 0 Å². The van der Waals surface area contributed by atoms with E-state index in [-0.39, 0.29) is 11.2 Å². The van der Waals surface area contributed by atoms with Crippen LogP contribution in [0.4, 0.5) is 0 Å². The first-order chi connectivity index (χ1) is 17.3. The van der Waals surface area contributed by atoms with Crippen molar-refractivity contribution in [3.63, 3.8) is 0 Å². The Morgan fingerprint density at radius 3 is 0.943 bits per heavy atom. The first kappa shape index (κ1) is 23.4. The van der Waals surface area contributed by atoms with Gasteiger partial charge in [-0.15, -0.1) is 0 Å². The maximum absolute atomic E-state index is 14.6. The molecule has 0 fully saturated rings. The lowest BCUT2D eigenvalue weighted by molar-refractivity contribution is 0.101. The third-order valence-corrected chi connectivity index (χ3v) is 12.2. The summed E-state index contributed by atoms with van der Waals surface area (Å²) in [5, 5.41) is 4.69. The highest BCUT2D eigenvalue weighted by Crippen LogP contribution is 2.57. The molecule has 0 radical (unpaired) electrons. The van der Waals surface area contributed by atoms with Gasteiger partial charge in [0.1, 0.15) is 0 Å². The summed E-state index contributed by atoms with van der Waals surface area (Å²) in [7, 11) is -1.97. The number of carbonyl (C=O) groups is 1. The van der Waals surface area contributed by atoms with Gasteiger partial charge in [-0.05, 0) is 37.1 Å². The van der Waals surface area contributed by atoms with Crippen molar-refractivity contribution in [1.29, 1.82) is 0 Å². The van der Waals surface area contributed by atoms with Crippen LogP contribution in [0.5, 0.6) is 0 Å². The number of carbonyl (C=O) groups excluding carboxylic acids is 1. The van der Waals surface area contributed by atoms with Crippen LogP contribution in [0.3, 0.4) is 0 Å². The van der Waals surface area contributed by atoms with E-state index in [9.17, 15) is 4.79 Å². The smallest absolute Gasteiger partial charge is 0.175 e. The second-order valence-electron chi connectivity index (χ2n) is 8.19. The standard InChI is InChI=1S/C32H26OP2/c33-31(26-16-6-1-7-17-26)32(34(27-18-8-2-9-19-27)28-20-10-3-11-21-28)35(29-22-12-4-13-23-29)30-24-14-5-15-25-30/h1-25,32H. The van der Waals surface area contributed by atoms with Gasteiger partial charge in [-0.2, -0.15) is 0 Å².